The summed E-state index contributed by atoms with van der Waals surface area (Å²) in [6.45, 7) is 0.462. The molecule has 0 atom stereocenters. The fraction of sp³-hybridized carbons (Fsp3) is 0.238. The Morgan fingerprint density at radius 1 is 0.966 bits per heavy atom. The van der Waals surface area contributed by atoms with E-state index in [2.05, 4.69) is 10.3 Å². The number of benzene rings is 2. The van der Waals surface area contributed by atoms with Crippen LogP contribution in [0.25, 0.3) is 6.08 Å². The van der Waals surface area contributed by atoms with Crippen molar-refractivity contribution in [2.24, 2.45) is 4.99 Å². The Kier molecular flexibility index (Phi) is 6.66. The lowest BCUT2D eigenvalue weighted by Gasteiger charge is -2.12. The fourth-order valence-electron chi connectivity index (χ4n) is 2.73. The van der Waals surface area contributed by atoms with E-state index in [-0.39, 0.29) is 5.91 Å². The number of hydrogen-bond acceptors (Lipinski definition) is 7. The van der Waals surface area contributed by atoms with Crippen LogP contribution >= 0.6 is 11.8 Å². The predicted molar refractivity (Wildman–Crippen MR) is 114 cm³/mol. The number of nitrogens with one attached hydrogen (secondary N) is 1. The van der Waals surface area contributed by atoms with E-state index in [4.69, 9.17) is 18.9 Å². The Balaban J connectivity index is 1.78. The molecular formula is C21H22N2O5S. The SMILES string of the molecule is COc1ccc(CN=C2NC(=O)/C(=C/c3cc(OC)c(OC)c(OC)c3)S2)cc1. The number of thioether (sulfide) groups is 1. The maximum absolute atomic E-state index is 12.3. The summed E-state index contributed by atoms with van der Waals surface area (Å²) >= 11 is 1.29. The van der Waals surface area contributed by atoms with Crippen molar-refractivity contribution in [2.75, 3.05) is 28.4 Å². The molecule has 1 fully saturated rings. The van der Waals surface area contributed by atoms with E-state index in [9.17, 15) is 4.79 Å². The van der Waals surface area contributed by atoms with Gasteiger partial charge in [-0.1, -0.05) is 12.1 Å². The van der Waals surface area contributed by atoms with Crippen molar-refractivity contribution < 1.29 is 23.7 Å². The van der Waals surface area contributed by atoms with Crippen molar-refractivity contribution in [3.8, 4) is 23.0 Å². The zero-order valence-electron chi connectivity index (χ0n) is 16.6. The Hall–Kier alpha value is -3.13. The van der Waals surface area contributed by atoms with Gasteiger partial charge in [0.1, 0.15) is 5.75 Å². The molecule has 8 heteroatoms. The van der Waals surface area contributed by atoms with Gasteiger partial charge in [-0.2, -0.15) is 0 Å². The number of amidine groups is 1. The van der Waals surface area contributed by atoms with Crippen LogP contribution in [0.5, 0.6) is 23.0 Å². The lowest BCUT2D eigenvalue weighted by molar-refractivity contribution is -0.115. The molecule has 1 amide bonds. The molecule has 1 heterocycles. The number of ether oxygens (including phenoxy) is 4. The number of aliphatic imine (C=N–C) groups is 1. The molecule has 1 aliphatic heterocycles. The van der Waals surface area contributed by atoms with Gasteiger partial charge in [0.05, 0.1) is 39.9 Å². The largest absolute Gasteiger partial charge is 0.497 e. The van der Waals surface area contributed by atoms with Crippen LogP contribution in [0.4, 0.5) is 0 Å². The van der Waals surface area contributed by atoms with Crippen molar-refractivity contribution in [1.29, 1.82) is 0 Å². The van der Waals surface area contributed by atoms with Gasteiger partial charge < -0.3 is 24.3 Å². The van der Waals surface area contributed by atoms with E-state index in [0.29, 0.717) is 33.9 Å². The smallest absolute Gasteiger partial charge is 0.264 e. The van der Waals surface area contributed by atoms with Crippen LogP contribution in [0.15, 0.2) is 46.3 Å². The van der Waals surface area contributed by atoms with Crippen LogP contribution < -0.4 is 24.3 Å². The molecule has 1 saturated heterocycles. The molecule has 0 radical (unpaired) electrons. The lowest BCUT2D eigenvalue weighted by Crippen LogP contribution is -2.19. The average Bonchev–Trinajstić information content (AvgIpc) is 3.10. The minimum absolute atomic E-state index is 0.197. The molecule has 29 heavy (non-hydrogen) atoms. The fourth-order valence-corrected chi connectivity index (χ4v) is 3.55. The number of carbonyl (C=O) groups is 1. The van der Waals surface area contributed by atoms with Gasteiger partial charge in [-0.15, -0.1) is 0 Å². The lowest BCUT2D eigenvalue weighted by atomic mass is 10.1. The Morgan fingerprint density at radius 2 is 1.62 bits per heavy atom. The van der Waals surface area contributed by atoms with E-state index in [0.717, 1.165) is 16.9 Å². The van der Waals surface area contributed by atoms with Gasteiger partial charge in [-0.05, 0) is 53.2 Å². The highest BCUT2D eigenvalue weighted by Gasteiger charge is 2.24. The molecule has 2 aromatic rings. The molecule has 0 aromatic heterocycles. The molecule has 3 rings (SSSR count). The van der Waals surface area contributed by atoms with Crippen LogP contribution in [0.2, 0.25) is 0 Å². The van der Waals surface area contributed by atoms with Gasteiger partial charge in [-0.25, -0.2) is 0 Å². The van der Waals surface area contributed by atoms with Crippen molar-refractivity contribution >= 4 is 28.9 Å². The molecule has 7 nitrogen and oxygen atoms in total. The summed E-state index contributed by atoms with van der Waals surface area (Å²) in [5, 5.41) is 3.35. The third kappa shape index (κ3) is 4.83. The number of nitrogens with zero attached hydrogens (tertiary/aromatic N) is 1. The highest BCUT2D eigenvalue weighted by molar-refractivity contribution is 8.18. The average molecular weight is 414 g/mol. The monoisotopic (exact) mass is 414 g/mol. The van der Waals surface area contributed by atoms with E-state index in [1.807, 2.05) is 24.3 Å². The van der Waals surface area contributed by atoms with Crippen LogP contribution in [0.3, 0.4) is 0 Å². The summed E-state index contributed by atoms with van der Waals surface area (Å²) in [5.41, 5.74) is 1.78. The van der Waals surface area contributed by atoms with Crippen LogP contribution in [0, 0.1) is 0 Å². The summed E-state index contributed by atoms with van der Waals surface area (Å²) in [4.78, 5) is 17.3. The molecule has 1 aliphatic rings. The van der Waals surface area contributed by atoms with Gasteiger partial charge >= 0.3 is 0 Å². The first-order valence-corrected chi connectivity index (χ1v) is 9.58. The second kappa shape index (κ2) is 9.38. The first kappa shape index (κ1) is 20.6. The third-order valence-electron chi connectivity index (χ3n) is 4.20. The van der Waals surface area contributed by atoms with Crippen molar-refractivity contribution in [3.05, 3.63) is 52.4 Å². The topological polar surface area (TPSA) is 78.4 Å². The maximum atomic E-state index is 12.3. The second-order valence-electron chi connectivity index (χ2n) is 5.99. The Morgan fingerprint density at radius 3 is 2.17 bits per heavy atom. The molecule has 152 valence electrons. The number of carbonyl (C=O) groups excluding carboxylic acids is 1. The zero-order valence-corrected chi connectivity index (χ0v) is 17.5. The molecule has 0 saturated carbocycles. The van der Waals surface area contributed by atoms with Gasteiger partial charge in [0.2, 0.25) is 5.75 Å². The molecule has 0 unspecified atom stereocenters. The van der Waals surface area contributed by atoms with E-state index in [1.165, 1.54) is 11.8 Å². The first-order chi connectivity index (χ1) is 14.1. The maximum Gasteiger partial charge on any atom is 0.264 e. The number of hydrogen-bond donors (Lipinski definition) is 1. The Bertz CT molecular complexity index is 929. The summed E-state index contributed by atoms with van der Waals surface area (Å²) in [5.74, 6) is 2.14. The zero-order chi connectivity index (χ0) is 20.8. The number of rotatable bonds is 7. The van der Waals surface area contributed by atoms with Gasteiger partial charge in [-0.3, -0.25) is 9.79 Å². The molecule has 0 aliphatic carbocycles. The highest BCUT2D eigenvalue weighted by Crippen LogP contribution is 2.39. The molecule has 0 spiro atoms. The van der Waals surface area contributed by atoms with Crippen LogP contribution in [-0.4, -0.2) is 39.5 Å². The van der Waals surface area contributed by atoms with E-state index < -0.39 is 0 Å². The minimum atomic E-state index is -0.197. The molecule has 0 bridgehead atoms. The highest BCUT2D eigenvalue weighted by atomic mass is 32.2. The molecule has 2 aromatic carbocycles. The summed E-state index contributed by atoms with van der Waals surface area (Å²) in [6.07, 6.45) is 1.76. The molecule has 1 N–H and O–H groups in total. The third-order valence-corrected chi connectivity index (χ3v) is 5.15. The van der Waals surface area contributed by atoms with E-state index >= 15 is 0 Å². The van der Waals surface area contributed by atoms with Crippen LogP contribution in [-0.2, 0) is 11.3 Å². The van der Waals surface area contributed by atoms with Crippen LogP contribution in [0.1, 0.15) is 11.1 Å². The summed E-state index contributed by atoms with van der Waals surface area (Å²) in [7, 11) is 6.27. The van der Waals surface area contributed by atoms with Crippen molar-refractivity contribution in [2.45, 2.75) is 6.54 Å². The quantitative estimate of drug-likeness (QED) is 0.699. The normalized spacial score (nSPS) is 16.1. The predicted octanol–water partition coefficient (Wildman–Crippen LogP) is 3.48. The second-order valence-corrected chi connectivity index (χ2v) is 7.02. The number of amides is 1. The first-order valence-electron chi connectivity index (χ1n) is 8.76. The number of methoxy groups -OCH3 is 4. The van der Waals surface area contributed by atoms with Gasteiger partial charge in [0, 0.05) is 0 Å². The molecular weight excluding hydrogens is 392 g/mol. The summed E-state index contributed by atoms with van der Waals surface area (Å²) < 4.78 is 21.2. The van der Waals surface area contributed by atoms with Crippen molar-refractivity contribution in [1.82, 2.24) is 5.32 Å². The minimum Gasteiger partial charge on any atom is -0.497 e. The standard InChI is InChI=1S/C21H22N2O5S/c1-25-15-7-5-13(6-8-15)12-22-21-23-20(24)18(29-21)11-14-9-16(26-2)19(28-4)17(10-14)27-3/h5-11H,12H2,1-4H3,(H,22,23,24)/b18-11-. The van der Waals surface area contributed by atoms with Gasteiger partial charge in [0.25, 0.3) is 5.91 Å². The van der Waals surface area contributed by atoms with E-state index in [1.54, 1.807) is 46.6 Å². The summed E-state index contributed by atoms with van der Waals surface area (Å²) in [6, 6.07) is 11.2. The Labute approximate surface area is 173 Å². The van der Waals surface area contributed by atoms with Crippen molar-refractivity contribution in [3.63, 3.8) is 0 Å². The van der Waals surface area contributed by atoms with Gasteiger partial charge in [0.15, 0.2) is 16.7 Å².